The SMILES string of the molecule is O=P(/C=C/[C@H](OCc1ccccc1)[C@H](/C=C/P(=O)(c1ccccc1)c1ccccc1)OCc1ccccc1)(c1ccccc1)c1ccccc1. The zero-order valence-electron chi connectivity index (χ0n) is 27.7. The highest BCUT2D eigenvalue weighted by atomic mass is 31.2. The van der Waals surface area contributed by atoms with Crippen molar-refractivity contribution in [3.8, 4) is 0 Å². The molecular formula is C44H40O4P2. The van der Waals surface area contributed by atoms with Crippen LogP contribution in [0.4, 0.5) is 0 Å². The standard InChI is InChI=1S/C44H40O4P2/c45-49(39-23-11-3-12-24-39,40-25-13-4-14-26-40)33-31-43(47-35-37-19-7-1-8-20-37)44(48-36-38-21-9-2-10-22-38)32-34-50(46,41-27-15-5-16-28-41)42-29-17-6-18-30-42/h1-34,43-44H,35-36H2/b33-31+,34-32+/t43-,44-/m0/s1. The van der Waals surface area contributed by atoms with Gasteiger partial charge in [0.25, 0.3) is 0 Å². The molecule has 6 rings (SSSR count). The average Bonchev–Trinajstić information content (AvgIpc) is 3.20. The third-order valence-corrected chi connectivity index (χ3v) is 13.9. The Morgan fingerprint density at radius 2 is 0.620 bits per heavy atom. The first-order valence-corrected chi connectivity index (χ1v) is 20.2. The van der Waals surface area contributed by atoms with Crippen LogP contribution in [0, 0.1) is 0 Å². The summed E-state index contributed by atoms with van der Waals surface area (Å²) in [6, 6.07) is 58.0. The van der Waals surface area contributed by atoms with Crippen LogP contribution in [0.2, 0.25) is 0 Å². The molecule has 0 fully saturated rings. The second-order valence-electron chi connectivity index (χ2n) is 11.9. The molecule has 0 aliphatic rings. The summed E-state index contributed by atoms with van der Waals surface area (Å²) < 4.78 is 43.4. The first-order chi connectivity index (χ1) is 24.5. The van der Waals surface area contributed by atoms with Crippen molar-refractivity contribution in [2.45, 2.75) is 25.4 Å². The van der Waals surface area contributed by atoms with Gasteiger partial charge in [-0.25, -0.2) is 0 Å². The molecule has 2 atom stereocenters. The summed E-state index contributed by atoms with van der Waals surface area (Å²) in [4.78, 5) is 0. The number of hydrogen-bond donors (Lipinski definition) is 0. The van der Waals surface area contributed by atoms with Crippen LogP contribution in [0.15, 0.2) is 206 Å². The minimum absolute atomic E-state index is 0.297. The van der Waals surface area contributed by atoms with E-state index in [4.69, 9.17) is 9.47 Å². The van der Waals surface area contributed by atoms with E-state index in [2.05, 4.69) is 0 Å². The lowest BCUT2D eigenvalue weighted by Gasteiger charge is -2.25. The second kappa shape index (κ2) is 17.2. The van der Waals surface area contributed by atoms with Gasteiger partial charge in [-0.2, -0.15) is 0 Å². The first kappa shape index (κ1) is 35.0. The Kier molecular flexibility index (Phi) is 12.1. The van der Waals surface area contributed by atoms with E-state index in [0.29, 0.717) is 13.2 Å². The Balaban J connectivity index is 1.44. The van der Waals surface area contributed by atoms with Gasteiger partial charge in [0, 0.05) is 21.2 Å². The smallest absolute Gasteiger partial charge is 0.163 e. The van der Waals surface area contributed by atoms with Crippen LogP contribution in [0.25, 0.3) is 0 Å². The summed E-state index contributed by atoms with van der Waals surface area (Å²) in [5.41, 5.74) is 1.98. The molecule has 250 valence electrons. The summed E-state index contributed by atoms with van der Waals surface area (Å²) in [6.45, 7) is 0.593. The Hall–Kier alpha value is -4.82. The zero-order valence-corrected chi connectivity index (χ0v) is 29.5. The minimum Gasteiger partial charge on any atom is -0.366 e. The molecule has 0 amide bonds. The van der Waals surface area contributed by atoms with Crippen molar-refractivity contribution in [3.05, 3.63) is 217 Å². The van der Waals surface area contributed by atoms with Crippen molar-refractivity contribution in [3.63, 3.8) is 0 Å². The van der Waals surface area contributed by atoms with Crippen LogP contribution >= 0.6 is 14.3 Å². The lowest BCUT2D eigenvalue weighted by Crippen LogP contribution is -2.29. The quantitative estimate of drug-likeness (QED) is 0.101. The molecule has 0 spiro atoms. The van der Waals surface area contributed by atoms with Gasteiger partial charge in [0.05, 0.1) is 13.2 Å². The maximum atomic E-state index is 15.0. The molecule has 0 bridgehead atoms. The Bertz CT molecular complexity index is 1810. The van der Waals surface area contributed by atoms with E-state index in [1.165, 1.54) is 0 Å². The molecule has 6 aromatic rings. The Labute approximate surface area is 295 Å². The highest BCUT2D eigenvalue weighted by Gasteiger charge is 2.29. The fourth-order valence-electron chi connectivity index (χ4n) is 5.71. The fraction of sp³-hybridized carbons (Fsp3) is 0.0909. The van der Waals surface area contributed by atoms with Crippen LogP contribution in [-0.4, -0.2) is 12.2 Å². The molecule has 0 N–H and O–H groups in total. The van der Waals surface area contributed by atoms with E-state index in [9.17, 15) is 0 Å². The van der Waals surface area contributed by atoms with Gasteiger partial charge >= 0.3 is 0 Å². The largest absolute Gasteiger partial charge is 0.366 e. The third kappa shape index (κ3) is 8.85. The molecule has 4 nitrogen and oxygen atoms in total. The van der Waals surface area contributed by atoms with Crippen molar-refractivity contribution in [1.82, 2.24) is 0 Å². The van der Waals surface area contributed by atoms with E-state index >= 15 is 9.13 Å². The van der Waals surface area contributed by atoms with Crippen LogP contribution in [0.5, 0.6) is 0 Å². The first-order valence-electron chi connectivity index (χ1n) is 16.7. The zero-order chi connectivity index (χ0) is 34.5. The lowest BCUT2D eigenvalue weighted by molar-refractivity contribution is -0.0419. The molecule has 0 saturated heterocycles. The van der Waals surface area contributed by atoms with Gasteiger partial charge in [0.1, 0.15) is 12.2 Å². The van der Waals surface area contributed by atoms with Crippen molar-refractivity contribution in [1.29, 1.82) is 0 Å². The predicted molar refractivity (Wildman–Crippen MR) is 208 cm³/mol. The molecule has 0 aliphatic heterocycles. The van der Waals surface area contributed by atoms with Crippen LogP contribution in [-0.2, 0) is 31.8 Å². The van der Waals surface area contributed by atoms with Crippen LogP contribution in [0.3, 0.4) is 0 Å². The van der Waals surface area contributed by atoms with Crippen LogP contribution < -0.4 is 21.2 Å². The van der Waals surface area contributed by atoms with Gasteiger partial charge in [-0.15, -0.1) is 0 Å². The van der Waals surface area contributed by atoms with Crippen molar-refractivity contribution in [2.75, 3.05) is 0 Å². The van der Waals surface area contributed by atoms with Crippen LogP contribution in [0.1, 0.15) is 11.1 Å². The summed E-state index contributed by atoms with van der Waals surface area (Å²) in [5, 5.41) is 2.89. The highest BCUT2D eigenvalue weighted by Crippen LogP contribution is 2.47. The lowest BCUT2D eigenvalue weighted by atomic mass is 10.1. The van der Waals surface area contributed by atoms with E-state index in [1.807, 2.05) is 194 Å². The van der Waals surface area contributed by atoms with Crippen molar-refractivity contribution < 1.29 is 18.6 Å². The summed E-state index contributed by atoms with van der Waals surface area (Å²) >= 11 is 0. The molecular weight excluding hydrogens is 654 g/mol. The number of rotatable bonds is 15. The van der Waals surface area contributed by atoms with Gasteiger partial charge < -0.3 is 18.6 Å². The maximum absolute atomic E-state index is 15.0. The average molecular weight is 695 g/mol. The Morgan fingerprint density at radius 1 is 0.380 bits per heavy atom. The maximum Gasteiger partial charge on any atom is 0.163 e. The minimum atomic E-state index is -3.23. The second-order valence-corrected chi connectivity index (χ2v) is 17.2. The number of hydrogen-bond acceptors (Lipinski definition) is 4. The summed E-state index contributed by atoms with van der Waals surface area (Å²) in [6.07, 6.45) is 2.35. The topological polar surface area (TPSA) is 52.6 Å². The van der Waals surface area contributed by atoms with E-state index in [0.717, 1.165) is 32.3 Å². The summed E-state index contributed by atoms with van der Waals surface area (Å²) in [7, 11) is -6.46. The molecule has 0 saturated carbocycles. The van der Waals surface area contributed by atoms with Gasteiger partial charge in [0.15, 0.2) is 14.3 Å². The molecule has 0 aromatic heterocycles. The normalized spacial score (nSPS) is 13.4. The van der Waals surface area contributed by atoms with Gasteiger partial charge in [0.2, 0.25) is 0 Å². The fourth-order valence-corrected chi connectivity index (χ4v) is 10.3. The molecule has 6 heteroatoms. The number of ether oxygens (including phenoxy) is 2. The predicted octanol–water partition coefficient (Wildman–Crippen LogP) is 9.21. The van der Waals surface area contributed by atoms with Gasteiger partial charge in [-0.3, -0.25) is 0 Å². The molecule has 0 aliphatic carbocycles. The van der Waals surface area contributed by atoms with Crippen molar-refractivity contribution >= 4 is 35.5 Å². The highest BCUT2D eigenvalue weighted by molar-refractivity contribution is 7.81. The molecule has 0 heterocycles. The van der Waals surface area contributed by atoms with E-state index in [1.54, 1.807) is 11.6 Å². The Morgan fingerprint density at radius 3 is 0.880 bits per heavy atom. The van der Waals surface area contributed by atoms with E-state index < -0.39 is 26.5 Å². The molecule has 0 unspecified atom stereocenters. The molecule has 0 radical (unpaired) electrons. The van der Waals surface area contributed by atoms with Gasteiger partial charge in [-0.05, 0) is 34.9 Å². The monoisotopic (exact) mass is 694 g/mol. The third-order valence-electron chi connectivity index (χ3n) is 8.42. The summed E-state index contributed by atoms with van der Waals surface area (Å²) in [5.74, 6) is 3.57. The number of benzene rings is 6. The van der Waals surface area contributed by atoms with Crippen molar-refractivity contribution in [2.24, 2.45) is 0 Å². The molecule has 50 heavy (non-hydrogen) atoms. The van der Waals surface area contributed by atoms with Gasteiger partial charge in [-0.1, -0.05) is 182 Å². The van der Waals surface area contributed by atoms with E-state index in [-0.39, 0.29) is 0 Å². The molecule has 6 aromatic carbocycles.